The Morgan fingerprint density at radius 3 is 2.54 bits per heavy atom. The Balaban J connectivity index is 2.01. The third kappa shape index (κ3) is 2.86. The van der Waals surface area contributed by atoms with Crippen LogP contribution in [0.15, 0.2) is 17.1 Å². The van der Waals surface area contributed by atoms with Gasteiger partial charge in [0, 0.05) is 18.8 Å². The molecule has 7 nitrogen and oxygen atoms in total. The molecule has 0 spiro atoms. The molecular weight excluding hydrogens is 372 g/mol. The molecule has 9 heteroatoms. The van der Waals surface area contributed by atoms with E-state index in [4.69, 9.17) is 5.73 Å². The number of benzene rings is 1. The van der Waals surface area contributed by atoms with Crippen molar-refractivity contribution in [2.24, 2.45) is 5.73 Å². The first-order chi connectivity index (χ1) is 13.3. The zero-order valence-corrected chi connectivity index (χ0v) is 15.0. The molecule has 2 fully saturated rings. The minimum Gasteiger partial charge on any atom is -0.477 e. The van der Waals surface area contributed by atoms with Gasteiger partial charge < -0.3 is 20.3 Å². The highest BCUT2D eigenvalue weighted by Gasteiger charge is 2.34. The van der Waals surface area contributed by atoms with Gasteiger partial charge in [-0.3, -0.25) is 9.59 Å². The highest BCUT2D eigenvalue weighted by molar-refractivity contribution is 6.00. The monoisotopic (exact) mass is 391 g/mol. The Morgan fingerprint density at radius 1 is 1.18 bits per heavy atom. The van der Waals surface area contributed by atoms with Crippen molar-refractivity contribution in [1.29, 1.82) is 0 Å². The van der Waals surface area contributed by atoms with E-state index in [1.807, 2.05) is 0 Å². The van der Waals surface area contributed by atoms with E-state index in [2.05, 4.69) is 0 Å². The number of anilines is 1. The molecule has 4 rings (SSSR count). The number of rotatable bonds is 3. The van der Waals surface area contributed by atoms with Crippen molar-refractivity contribution in [1.82, 2.24) is 4.57 Å². The molecule has 3 N–H and O–H groups in total. The maximum absolute atomic E-state index is 15.5. The number of hydrogen-bond acceptors (Lipinski definition) is 4. The lowest BCUT2D eigenvalue weighted by atomic mass is 10.1. The first-order valence-corrected chi connectivity index (χ1v) is 9.18. The highest BCUT2D eigenvalue weighted by Crippen LogP contribution is 2.40. The minimum absolute atomic E-state index is 0.118. The van der Waals surface area contributed by atoms with E-state index >= 15 is 4.39 Å². The molecule has 2 aliphatic rings. The molecule has 1 saturated heterocycles. The fourth-order valence-electron chi connectivity index (χ4n) is 3.76. The summed E-state index contributed by atoms with van der Waals surface area (Å²) in [5.74, 6) is -4.16. The highest BCUT2D eigenvalue weighted by atomic mass is 19.1. The van der Waals surface area contributed by atoms with Crippen LogP contribution in [-0.4, -0.2) is 34.1 Å². The zero-order valence-electron chi connectivity index (χ0n) is 15.0. The molecule has 2 aromatic rings. The number of aromatic carboxylic acids is 1. The standard InChI is InChI=1S/C19H19F2N3O4/c20-12-7-10-15(24(9-4-5-9)8-11(17(10)25)19(27)28)14(21)16(12)23-6-2-1-3-13(22)18(23)26/h7-9,13H,1-6,22H2,(H,27,28). The van der Waals surface area contributed by atoms with E-state index < -0.39 is 46.2 Å². The summed E-state index contributed by atoms with van der Waals surface area (Å²) in [6, 6.07) is -0.196. The summed E-state index contributed by atoms with van der Waals surface area (Å²) >= 11 is 0. The largest absolute Gasteiger partial charge is 0.477 e. The fraction of sp³-hybridized carbons (Fsp3) is 0.421. The van der Waals surface area contributed by atoms with Gasteiger partial charge in [-0.1, -0.05) is 0 Å². The lowest BCUT2D eigenvalue weighted by Gasteiger charge is -2.25. The minimum atomic E-state index is -1.46. The average Bonchev–Trinajstić information content (AvgIpc) is 3.48. The van der Waals surface area contributed by atoms with E-state index in [9.17, 15) is 23.9 Å². The van der Waals surface area contributed by atoms with E-state index in [0.29, 0.717) is 32.1 Å². The first-order valence-electron chi connectivity index (χ1n) is 9.18. The third-order valence-electron chi connectivity index (χ3n) is 5.35. The van der Waals surface area contributed by atoms with Crippen molar-refractivity contribution in [2.45, 2.75) is 44.2 Å². The van der Waals surface area contributed by atoms with E-state index in [1.54, 1.807) is 0 Å². The number of hydrogen-bond donors (Lipinski definition) is 2. The van der Waals surface area contributed by atoms with E-state index in [0.717, 1.165) is 17.2 Å². The maximum atomic E-state index is 15.5. The second-order valence-electron chi connectivity index (χ2n) is 7.32. The quantitative estimate of drug-likeness (QED) is 0.834. The summed E-state index contributed by atoms with van der Waals surface area (Å²) in [6.07, 6.45) is 4.12. The number of carbonyl (C=O) groups excluding carboxylic acids is 1. The summed E-state index contributed by atoms with van der Waals surface area (Å²) < 4.78 is 31.8. The number of carbonyl (C=O) groups is 2. The summed E-state index contributed by atoms with van der Waals surface area (Å²) in [6.45, 7) is 0.118. The molecule has 2 heterocycles. The van der Waals surface area contributed by atoms with Crippen LogP contribution in [0.5, 0.6) is 0 Å². The van der Waals surface area contributed by atoms with Crippen LogP contribution in [0.3, 0.4) is 0 Å². The van der Waals surface area contributed by atoms with Crippen molar-refractivity contribution in [3.8, 4) is 0 Å². The van der Waals surface area contributed by atoms with Gasteiger partial charge in [0.15, 0.2) is 11.6 Å². The van der Waals surface area contributed by atoms with Crippen molar-refractivity contribution in [2.75, 3.05) is 11.4 Å². The maximum Gasteiger partial charge on any atom is 0.341 e. The predicted molar refractivity (Wildman–Crippen MR) is 97.5 cm³/mol. The van der Waals surface area contributed by atoms with Gasteiger partial charge in [-0.25, -0.2) is 13.6 Å². The number of nitrogens with two attached hydrogens (primary N) is 1. The SMILES string of the molecule is NC1CCCCN(c2c(F)cc3c(=O)c(C(=O)O)cn(C4CC4)c3c2F)C1=O. The normalized spacial score (nSPS) is 20.5. The number of halogens is 2. The molecular formula is C19H19F2N3O4. The number of pyridine rings is 1. The number of fused-ring (bicyclic) bond motifs is 1. The number of carboxylic acid groups (broad SMARTS) is 1. The number of aromatic nitrogens is 1. The van der Waals surface area contributed by atoms with Crippen LogP contribution in [0.25, 0.3) is 10.9 Å². The molecule has 1 aliphatic heterocycles. The van der Waals surface area contributed by atoms with Gasteiger partial charge in [0.25, 0.3) is 0 Å². The molecule has 1 unspecified atom stereocenters. The van der Waals surface area contributed by atoms with Gasteiger partial charge in [0.05, 0.1) is 16.9 Å². The van der Waals surface area contributed by atoms with Gasteiger partial charge >= 0.3 is 5.97 Å². The van der Waals surface area contributed by atoms with Crippen molar-refractivity contribution in [3.63, 3.8) is 0 Å². The Hall–Kier alpha value is -2.81. The average molecular weight is 391 g/mol. The number of amides is 1. The topological polar surface area (TPSA) is 106 Å². The van der Waals surface area contributed by atoms with Gasteiger partial charge in [-0.2, -0.15) is 0 Å². The van der Waals surface area contributed by atoms with E-state index in [-0.39, 0.29) is 23.5 Å². The number of carboxylic acids is 1. The van der Waals surface area contributed by atoms with Crippen LogP contribution < -0.4 is 16.1 Å². The van der Waals surface area contributed by atoms with E-state index in [1.165, 1.54) is 4.57 Å². The van der Waals surface area contributed by atoms with Gasteiger partial charge in [0.1, 0.15) is 11.3 Å². The molecule has 28 heavy (non-hydrogen) atoms. The molecule has 148 valence electrons. The summed E-state index contributed by atoms with van der Waals surface area (Å²) in [5.41, 5.74) is 3.61. The third-order valence-corrected chi connectivity index (χ3v) is 5.35. The summed E-state index contributed by atoms with van der Waals surface area (Å²) in [5, 5.41) is 8.93. The predicted octanol–water partition coefficient (Wildman–Crippen LogP) is 2.16. The molecule has 1 atom stereocenters. The lowest BCUT2D eigenvalue weighted by molar-refractivity contribution is -0.119. The molecule has 1 aromatic carbocycles. The molecule has 1 amide bonds. The smallest absolute Gasteiger partial charge is 0.341 e. The summed E-state index contributed by atoms with van der Waals surface area (Å²) in [4.78, 5) is 37.5. The molecule has 1 aliphatic carbocycles. The molecule has 1 saturated carbocycles. The van der Waals surface area contributed by atoms with Gasteiger partial charge in [0.2, 0.25) is 11.3 Å². The molecule has 0 bridgehead atoms. The van der Waals surface area contributed by atoms with Crippen LogP contribution in [-0.2, 0) is 4.79 Å². The van der Waals surface area contributed by atoms with Crippen LogP contribution in [0.4, 0.5) is 14.5 Å². The van der Waals surface area contributed by atoms with Crippen molar-refractivity contribution in [3.05, 3.63) is 39.7 Å². The molecule has 1 aromatic heterocycles. The van der Waals surface area contributed by atoms with Crippen LogP contribution in [0, 0.1) is 11.6 Å². The molecule has 0 radical (unpaired) electrons. The second-order valence-corrected chi connectivity index (χ2v) is 7.32. The zero-order chi connectivity index (χ0) is 20.2. The first kappa shape index (κ1) is 18.5. The Kier molecular flexibility index (Phi) is 4.41. The van der Waals surface area contributed by atoms with Crippen molar-refractivity contribution >= 4 is 28.5 Å². The Bertz CT molecular complexity index is 1060. The lowest BCUT2D eigenvalue weighted by Crippen LogP contribution is -2.43. The van der Waals surface area contributed by atoms with Crippen LogP contribution >= 0.6 is 0 Å². The Morgan fingerprint density at radius 2 is 1.89 bits per heavy atom. The number of nitrogens with zero attached hydrogens (tertiary/aromatic N) is 2. The van der Waals surface area contributed by atoms with Gasteiger partial charge in [-0.05, 0) is 38.2 Å². The fourth-order valence-corrected chi connectivity index (χ4v) is 3.76. The Labute approximate surface area is 158 Å². The van der Waals surface area contributed by atoms with Gasteiger partial charge in [-0.15, -0.1) is 0 Å². The van der Waals surface area contributed by atoms with Crippen LogP contribution in [0.1, 0.15) is 48.5 Å². The summed E-state index contributed by atoms with van der Waals surface area (Å²) in [7, 11) is 0. The second kappa shape index (κ2) is 6.66. The van der Waals surface area contributed by atoms with Crippen molar-refractivity contribution < 1.29 is 23.5 Å². The van der Waals surface area contributed by atoms with Crippen LogP contribution in [0.2, 0.25) is 0 Å².